The van der Waals surface area contributed by atoms with Crippen LogP contribution in [0.4, 0.5) is 11.6 Å². The summed E-state index contributed by atoms with van der Waals surface area (Å²) in [6.07, 6.45) is 3.12. The number of nitrogens with two attached hydrogens (primary N) is 1. The van der Waals surface area contributed by atoms with Gasteiger partial charge < -0.3 is 15.8 Å². The molecule has 1 aromatic rings. The van der Waals surface area contributed by atoms with Gasteiger partial charge in [0.2, 0.25) is 0 Å². The van der Waals surface area contributed by atoms with Gasteiger partial charge in [0.1, 0.15) is 17.5 Å². The van der Waals surface area contributed by atoms with Gasteiger partial charge in [0.15, 0.2) is 0 Å². The lowest BCUT2D eigenvalue weighted by Gasteiger charge is -2.18. The van der Waals surface area contributed by atoms with E-state index < -0.39 is 0 Å². The van der Waals surface area contributed by atoms with Crippen LogP contribution in [0.2, 0.25) is 0 Å². The molecule has 1 aliphatic rings. The van der Waals surface area contributed by atoms with E-state index in [1.54, 1.807) is 0 Å². The molecule has 1 fully saturated rings. The maximum Gasteiger partial charge on any atom is 0.148 e. The van der Waals surface area contributed by atoms with E-state index in [0.29, 0.717) is 11.7 Å². The minimum atomic E-state index is 0.0104. The van der Waals surface area contributed by atoms with Gasteiger partial charge in [-0.05, 0) is 26.2 Å². The van der Waals surface area contributed by atoms with E-state index in [1.165, 1.54) is 0 Å². The topological polar surface area (TPSA) is 96.1 Å². The number of nitrogen functional groups attached to an aromatic ring is 1. The quantitative estimate of drug-likeness (QED) is 0.447. The van der Waals surface area contributed by atoms with Gasteiger partial charge >= 0.3 is 0 Å². The van der Waals surface area contributed by atoms with Crippen LogP contribution in [0, 0.1) is 6.92 Å². The van der Waals surface area contributed by atoms with Crippen molar-refractivity contribution in [2.24, 2.45) is 5.84 Å². The average molecular weight is 251 g/mol. The van der Waals surface area contributed by atoms with Crippen LogP contribution in [0.1, 0.15) is 43.5 Å². The molecule has 1 heterocycles. The van der Waals surface area contributed by atoms with Gasteiger partial charge in [0, 0.05) is 11.5 Å². The van der Waals surface area contributed by atoms with E-state index in [1.807, 2.05) is 13.8 Å². The molecule has 1 atom stereocenters. The Morgan fingerprint density at radius 3 is 2.56 bits per heavy atom. The van der Waals surface area contributed by atoms with Gasteiger partial charge in [-0.15, -0.1) is 0 Å². The van der Waals surface area contributed by atoms with Crippen molar-refractivity contribution in [3.8, 4) is 0 Å². The number of hydrogen-bond donors (Lipinski definition) is 4. The van der Waals surface area contributed by atoms with Gasteiger partial charge in [0.05, 0.1) is 12.6 Å². The summed E-state index contributed by atoms with van der Waals surface area (Å²) in [6.45, 7) is 4.02. The van der Waals surface area contributed by atoms with Crippen LogP contribution in [0.15, 0.2) is 0 Å². The van der Waals surface area contributed by atoms with Crippen molar-refractivity contribution in [3.05, 3.63) is 11.4 Å². The Hall–Kier alpha value is -1.40. The van der Waals surface area contributed by atoms with E-state index >= 15 is 0 Å². The van der Waals surface area contributed by atoms with Crippen LogP contribution < -0.4 is 16.6 Å². The van der Waals surface area contributed by atoms with Crippen LogP contribution in [0.3, 0.4) is 0 Å². The molecule has 0 bridgehead atoms. The lowest BCUT2D eigenvalue weighted by molar-refractivity contribution is 0.271. The molecular weight excluding hydrogens is 230 g/mol. The molecule has 2 rings (SSSR count). The SMILES string of the molecule is CCC(CO)Nc1nc(C2CC2)nc(NN)c1C. The van der Waals surface area contributed by atoms with E-state index in [-0.39, 0.29) is 12.6 Å². The Kier molecular flexibility index (Phi) is 3.98. The number of aliphatic hydroxyl groups is 1. The monoisotopic (exact) mass is 251 g/mol. The van der Waals surface area contributed by atoms with E-state index in [4.69, 9.17) is 5.84 Å². The molecule has 0 spiro atoms. The normalized spacial score (nSPS) is 16.4. The van der Waals surface area contributed by atoms with Gasteiger partial charge in [-0.25, -0.2) is 15.8 Å². The lowest BCUT2D eigenvalue weighted by Crippen LogP contribution is -2.25. The van der Waals surface area contributed by atoms with Crippen molar-refractivity contribution in [3.63, 3.8) is 0 Å². The highest BCUT2D eigenvalue weighted by molar-refractivity contribution is 5.57. The molecule has 18 heavy (non-hydrogen) atoms. The predicted molar refractivity (Wildman–Crippen MR) is 71.3 cm³/mol. The van der Waals surface area contributed by atoms with Crippen molar-refractivity contribution in [2.45, 2.75) is 45.1 Å². The van der Waals surface area contributed by atoms with Crippen molar-refractivity contribution in [2.75, 3.05) is 17.3 Å². The Balaban J connectivity index is 2.28. The zero-order valence-corrected chi connectivity index (χ0v) is 10.9. The first kappa shape index (κ1) is 13.0. The molecular formula is C12H21N5O. The fourth-order valence-electron chi connectivity index (χ4n) is 1.81. The number of hydrazine groups is 1. The predicted octanol–water partition coefficient (Wildman–Crippen LogP) is 1.13. The smallest absolute Gasteiger partial charge is 0.148 e. The summed E-state index contributed by atoms with van der Waals surface area (Å²) in [5.41, 5.74) is 3.50. The largest absolute Gasteiger partial charge is 0.394 e. The molecule has 0 amide bonds. The highest BCUT2D eigenvalue weighted by Crippen LogP contribution is 2.39. The second kappa shape index (κ2) is 5.49. The summed E-state index contributed by atoms with van der Waals surface area (Å²) in [5, 5.41) is 12.5. The molecule has 0 radical (unpaired) electrons. The molecule has 0 saturated heterocycles. The minimum Gasteiger partial charge on any atom is -0.394 e. The van der Waals surface area contributed by atoms with E-state index in [9.17, 15) is 5.11 Å². The summed E-state index contributed by atoms with van der Waals surface area (Å²) in [5.74, 6) is 8.21. The number of aliphatic hydroxyl groups excluding tert-OH is 1. The van der Waals surface area contributed by atoms with E-state index in [2.05, 4.69) is 20.7 Å². The molecule has 1 saturated carbocycles. The third kappa shape index (κ3) is 2.70. The summed E-state index contributed by atoms with van der Waals surface area (Å²) in [4.78, 5) is 8.97. The second-order valence-electron chi connectivity index (χ2n) is 4.75. The van der Waals surface area contributed by atoms with Crippen molar-refractivity contribution in [1.29, 1.82) is 0 Å². The molecule has 0 aliphatic heterocycles. The fourth-order valence-corrected chi connectivity index (χ4v) is 1.81. The second-order valence-corrected chi connectivity index (χ2v) is 4.75. The first-order valence-corrected chi connectivity index (χ1v) is 6.42. The maximum atomic E-state index is 9.25. The Morgan fingerprint density at radius 1 is 1.39 bits per heavy atom. The highest BCUT2D eigenvalue weighted by Gasteiger charge is 2.28. The molecule has 5 N–H and O–H groups in total. The maximum absolute atomic E-state index is 9.25. The zero-order chi connectivity index (χ0) is 13.1. The van der Waals surface area contributed by atoms with Crippen molar-refractivity contribution < 1.29 is 5.11 Å². The molecule has 6 heteroatoms. The number of nitrogens with zero attached hydrogens (tertiary/aromatic N) is 2. The molecule has 100 valence electrons. The lowest BCUT2D eigenvalue weighted by atomic mass is 10.2. The zero-order valence-electron chi connectivity index (χ0n) is 10.9. The van der Waals surface area contributed by atoms with Crippen LogP contribution in [-0.4, -0.2) is 27.7 Å². The summed E-state index contributed by atoms with van der Waals surface area (Å²) < 4.78 is 0. The third-order valence-corrected chi connectivity index (χ3v) is 3.30. The highest BCUT2D eigenvalue weighted by atomic mass is 16.3. The van der Waals surface area contributed by atoms with E-state index in [0.717, 1.165) is 36.5 Å². The number of aromatic nitrogens is 2. The fraction of sp³-hybridized carbons (Fsp3) is 0.667. The molecule has 1 aromatic heterocycles. The Labute approximate surface area is 107 Å². The summed E-state index contributed by atoms with van der Waals surface area (Å²) in [7, 11) is 0. The van der Waals surface area contributed by atoms with Crippen molar-refractivity contribution >= 4 is 11.6 Å². The Bertz CT molecular complexity index is 415. The Morgan fingerprint density at radius 2 is 2.06 bits per heavy atom. The van der Waals surface area contributed by atoms with Crippen LogP contribution in [0.25, 0.3) is 0 Å². The number of nitrogens with one attached hydrogen (secondary N) is 2. The third-order valence-electron chi connectivity index (χ3n) is 3.30. The first-order chi connectivity index (χ1) is 8.69. The van der Waals surface area contributed by atoms with Crippen molar-refractivity contribution in [1.82, 2.24) is 9.97 Å². The minimum absolute atomic E-state index is 0.0104. The van der Waals surface area contributed by atoms with Crippen LogP contribution >= 0.6 is 0 Å². The first-order valence-electron chi connectivity index (χ1n) is 6.42. The van der Waals surface area contributed by atoms with Crippen LogP contribution in [-0.2, 0) is 0 Å². The molecule has 1 unspecified atom stereocenters. The molecule has 1 aliphatic carbocycles. The molecule has 0 aromatic carbocycles. The number of anilines is 2. The van der Waals surface area contributed by atoms with Gasteiger partial charge in [-0.2, -0.15) is 0 Å². The van der Waals surface area contributed by atoms with Gasteiger partial charge in [-0.3, -0.25) is 0 Å². The molecule has 6 nitrogen and oxygen atoms in total. The number of hydrogen-bond acceptors (Lipinski definition) is 6. The standard InChI is InChI=1S/C12H21N5O/c1-3-9(6-18)14-10-7(2)11(17-13)16-12(15-10)8-4-5-8/h8-9,18H,3-6,13H2,1-2H3,(H2,14,15,16,17). The number of rotatable bonds is 6. The average Bonchev–Trinajstić information content (AvgIpc) is 3.22. The van der Waals surface area contributed by atoms with Gasteiger partial charge in [0.25, 0.3) is 0 Å². The van der Waals surface area contributed by atoms with Gasteiger partial charge in [-0.1, -0.05) is 6.92 Å². The summed E-state index contributed by atoms with van der Waals surface area (Å²) in [6, 6.07) is 0.0104. The summed E-state index contributed by atoms with van der Waals surface area (Å²) >= 11 is 0. The van der Waals surface area contributed by atoms with Crippen LogP contribution in [0.5, 0.6) is 0 Å².